The van der Waals surface area contributed by atoms with E-state index in [4.69, 9.17) is 0 Å². The van der Waals surface area contributed by atoms with E-state index in [1.807, 2.05) is 51.1 Å². The molecule has 0 aliphatic carbocycles. The Bertz CT molecular complexity index is 444. The van der Waals surface area contributed by atoms with Gasteiger partial charge in [-0.05, 0) is 33.4 Å². The normalized spacial score (nSPS) is 11.7. The van der Waals surface area contributed by atoms with Crippen LogP contribution in [0.2, 0.25) is 0 Å². The van der Waals surface area contributed by atoms with Crippen LogP contribution in [0.4, 0.5) is 0 Å². The van der Waals surface area contributed by atoms with Crippen LogP contribution in [0.25, 0.3) is 0 Å². The van der Waals surface area contributed by atoms with Gasteiger partial charge in [0.1, 0.15) is 11.6 Å². The summed E-state index contributed by atoms with van der Waals surface area (Å²) in [7, 11) is 3.13. The molecular weight excluding hydrogens is 296 g/mol. The van der Waals surface area contributed by atoms with E-state index in [1.54, 1.807) is 7.05 Å². The summed E-state index contributed by atoms with van der Waals surface area (Å²) >= 11 is 0. The Kier molecular flexibility index (Phi) is 10.7. The van der Waals surface area contributed by atoms with Crippen molar-refractivity contribution in [1.82, 2.24) is 10.6 Å². The highest BCUT2D eigenvalue weighted by molar-refractivity contribution is 5.75. The van der Waals surface area contributed by atoms with Gasteiger partial charge in [0, 0.05) is 13.1 Å². The molecule has 0 aromatic heterocycles. The van der Waals surface area contributed by atoms with Crippen LogP contribution in [0.1, 0.15) is 26.3 Å². The van der Waals surface area contributed by atoms with E-state index < -0.39 is 0 Å². The zero-order chi connectivity index (χ0) is 17.7. The summed E-state index contributed by atoms with van der Waals surface area (Å²) in [6.45, 7) is 7.22. The average molecular weight is 324 g/mol. The topological polar surface area (TPSA) is 76.7 Å². The van der Waals surface area contributed by atoms with Crippen molar-refractivity contribution < 1.29 is 19.1 Å². The molecule has 1 aromatic rings. The molecule has 0 bridgehead atoms. The summed E-state index contributed by atoms with van der Waals surface area (Å²) in [5.74, 6) is -0.247. The number of ether oxygens (including phenoxy) is 2. The molecule has 0 heterocycles. The number of esters is 1. The summed E-state index contributed by atoms with van der Waals surface area (Å²) in [5.41, 5.74) is 0.879. The maximum Gasteiger partial charge on any atom is 0.324 e. The van der Waals surface area contributed by atoms with E-state index in [2.05, 4.69) is 20.1 Å². The SMILES string of the molecule is CC(C)(C)OC=O.CNC(CNCc1ccccc1)C(=O)OC. The first-order valence-electron chi connectivity index (χ1n) is 7.45. The lowest BCUT2D eigenvalue weighted by atomic mass is 10.2. The molecule has 130 valence electrons. The molecule has 6 nitrogen and oxygen atoms in total. The first-order valence-corrected chi connectivity index (χ1v) is 7.45. The van der Waals surface area contributed by atoms with E-state index in [0.29, 0.717) is 13.0 Å². The summed E-state index contributed by atoms with van der Waals surface area (Å²) in [6.07, 6.45) is 0. The minimum Gasteiger partial charge on any atom is -0.468 e. The number of methoxy groups -OCH3 is 1. The van der Waals surface area contributed by atoms with Crippen molar-refractivity contribution >= 4 is 12.4 Å². The fourth-order valence-electron chi connectivity index (χ4n) is 1.55. The molecule has 0 spiro atoms. The second kappa shape index (κ2) is 11.6. The number of hydrogen-bond donors (Lipinski definition) is 2. The number of carbonyl (C=O) groups excluding carboxylic acids is 2. The summed E-state index contributed by atoms with van der Waals surface area (Å²) in [5, 5.41) is 6.11. The van der Waals surface area contributed by atoms with Gasteiger partial charge in [-0.25, -0.2) is 0 Å². The van der Waals surface area contributed by atoms with Crippen LogP contribution in [-0.2, 0) is 25.6 Å². The molecule has 0 saturated carbocycles. The molecule has 0 saturated heterocycles. The van der Waals surface area contributed by atoms with Gasteiger partial charge in [-0.3, -0.25) is 9.59 Å². The van der Waals surface area contributed by atoms with Gasteiger partial charge in [-0.1, -0.05) is 30.3 Å². The molecule has 0 aliphatic rings. The molecule has 0 fully saturated rings. The minimum atomic E-state index is -0.318. The first kappa shape index (κ1) is 21.1. The third-order valence-corrected chi connectivity index (χ3v) is 2.76. The zero-order valence-electron chi connectivity index (χ0n) is 14.6. The molecule has 6 heteroatoms. The predicted octanol–water partition coefficient (Wildman–Crippen LogP) is 1.50. The molecule has 0 aliphatic heterocycles. The number of benzene rings is 1. The third-order valence-electron chi connectivity index (χ3n) is 2.76. The van der Waals surface area contributed by atoms with Crippen LogP contribution in [0, 0.1) is 0 Å². The van der Waals surface area contributed by atoms with Crippen molar-refractivity contribution in [2.24, 2.45) is 0 Å². The lowest BCUT2D eigenvalue weighted by Crippen LogP contribution is -2.43. The van der Waals surface area contributed by atoms with Crippen molar-refractivity contribution in [3.05, 3.63) is 35.9 Å². The monoisotopic (exact) mass is 324 g/mol. The van der Waals surface area contributed by atoms with Gasteiger partial charge < -0.3 is 20.1 Å². The highest BCUT2D eigenvalue weighted by atomic mass is 16.5. The van der Waals surface area contributed by atoms with Crippen molar-refractivity contribution in [1.29, 1.82) is 0 Å². The van der Waals surface area contributed by atoms with Gasteiger partial charge in [0.2, 0.25) is 0 Å². The maximum absolute atomic E-state index is 11.3. The highest BCUT2D eigenvalue weighted by Crippen LogP contribution is 2.02. The van der Waals surface area contributed by atoms with E-state index in [0.717, 1.165) is 6.54 Å². The van der Waals surface area contributed by atoms with Gasteiger partial charge in [0.15, 0.2) is 0 Å². The van der Waals surface area contributed by atoms with Crippen molar-refractivity contribution in [3.63, 3.8) is 0 Å². The summed E-state index contributed by atoms with van der Waals surface area (Å²) in [6, 6.07) is 9.75. The lowest BCUT2D eigenvalue weighted by molar-refractivity contribution is -0.143. The zero-order valence-corrected chi connectivity index (χ0v) is 14.6. The van der Waals surface area contributed by atoms with Crippen LogP contribution in [0.3, 0.4) is 0 Å². The number of hydrogen-bond acceptors (Lipinski definition) is 6. The van der Waals surface area contributed by atoms with E-state index >= 15 is 0 Å². The Morgan fingerprint density at radius 1 is 1.26 bits per heavy atom. The molecule has 1 unspecified atom stereocenters. The van der Waals surface area contributed by atoms with Crippen molar-refractivity contribution in [2.75, 3.05) is 20.7 Å². The molecule has 1 rings (SSSR count). The Hall–Kier alpha value is -1.92. The molecule has 0 radical (unpaired) electrons. The lowest BCUT2D eigenvalue weighted by Gasteiger charge is -2.14. The quantitative estimate of drug-likeness (QED) is 0.585. The average Bonchev–Trinajstić information content (AvgIpc) is 2.51. The largest absolute Gasteiger partial charge is 0.468 e. The van der Waals surface area contributed by atoms with Gasteiger partial charge in [0.25, 0.3) is 6.47 Å². The second-order valence-electron chi connectivity index (χ2n) is 5.81. The van der Waals surface area contributed by atoms with E-state index in [9.17, 15) is 9.59 Å². The minimum absolute atomic E-state index is 0.247. The van der Waals surface area contributed by atoms with Gasteiger partial charge in [-0.2, -0.15) is 0 Å². The Labute approximate surface area is 138 Å². The van der Waals surface area contributed by atoms with Crippen LogP contribution in [0.5, 0.6) is 0 Å². The van der Waals surface area contributed by atoms with Gasteiger partial charge >= 0.3 is 5.97 Å². The maximum atomic E-state index is 11.3. The van der Waals surface area contributed by atoms with Crippen LogP contribution < -0.4 is 10.6 Å². The Morgan fingerprint density at radius 2 is 1.87 bits per heavy atom. The third kappa shape index (κ3) is 11.3. The fourth-order valence-corrected chi connectivity index (χ4v) is 1.55. The predicted molar refractivity (Wildman–Crippen MR) is 89.9 cm³/mol. The smallest absolute Gasteiger partial charge is 0.324 e. The second-order valence-corrected chi connectivity index (χ2v) is 5.81. The molecule has 23 heavy (non-hydrogen) atoms. The Balaban J connectivity index is 0.000000585. The molecule has 0 amide bonds. The first-order chi connectivity index (χ1) is 10.8. The number of nitrogens with one attached hydrogen (secondary N) is 2. The molecular formula is C17H28N2O4. The number of carbonyl (C=O) groups is 2. The van der Waals surface area contributed by atoms with Crippen LogP contribution in [-0.4, -0.2) is 44.8 Å². The Morgan fingerprint density at radius 3 is 2.26 bits per heavy atom. The number of likely N-dealkylation sites (N-methyl/N-ethyl adjacent to an activating group) is 1. The van der Waals surface area contributed by atoms with E-state index in [-0.39, 0.29) is 17.6 Å². The standard InChI is InChI=1S/C12H18N2O2.C5H10O2/c1-13-11(12(15)16-2)9-14-8-10-6-4-3-5-7-10;1-5(2,3)7-4-6/h3-7,11,13-14H,8-9H2,1-2H3;4H,1-3H3. The summed E-state index contributed by atoms with van der Waals surface area (Å²) < 4.78 is 9.21. The number of rotatable bonds is 7. The van der Waals surface area contributed by atoms with Crippen molar-refractivity contribution in [3.8, 4) is 0 Å². The van der Waals surface area contributed by atoms with E-state index in [1.165, 1.54) is 12.7 Å². The molecule has 2 N–H and O–H groups in total. The van der Waals surface area contributed by atoms with Gasteiger partial charge in [0.05, 0.1) is 7.11 Å². The van der Waals surface area contributed by atoms with Crippen molar-refractivity contribution in [2.45, 2.75) is 39.0 Å². The molecule has 1 aromatic carbocycles. The molecule has 1 atom stereocenters. The summed E-state index contributed by atoms with van der Waals surface area (Å²) in [4.78, 5) is 20.9. The fraction of sp³-hybridized carbons (Fsp3) is 0.529. The van der Waals surface area contributed by atoms with Gasteiger partial charge in [-0.15, -0.1) is 0 Å². The van der Waals surface area contributed by atoms with Crippen LogP contribution in [0.15, 0.2) is 30.3 Å². The van der Waals surface area contributed by atoms with Crippen LogP contribution >= 0.6 is 0 Å². The highest BCUT2D eigenvalue weighted by Gasteiger charge is 2.15.